The van der Waals surface area contributed by atoms with Crippen molar-refractivity contribution in [2.24, 2.45) is 0 Å². The van der Waals surface area contributed by atoms with Crippen molar-refractivity contribution in [3.8, 4) is 11.5 Å². The van der Waals surface area contributed by atoms with Crippen molar-refractivity contribution >= 4 is 29.4 Å². The van der Waals surface area contributed by atoms with Crippen LogP contribution in [0.2, 0.25) is 0 Å². The molecular weight excluding hydrogens is 346 g/mol. The predicted octanol–water partition coefficient (Wildman–Crippen LogP) is 3.03. The second kappa shape index (κ2) is 7.70. The summed E-state index contributed by atoms with van der Waals surface area (Å²) >= 11 is 0. The summed E-state index contributed by atoms with van der Waals surface area (Å²) in [7, 11) is 3.10. The molecule has 0 unspecified atom stereocenters. The van der Waals surface area contributed by atoms with Gasteiger partial charge < -0.3 is 9.47 Å². The lowest BCUT2D eigenvalue weighted by Crippen LogP contribution is -2.29. The fraction of sp³-hybridized carbons (Fsp3) is 0.0952. The molecule has 0 fully saturated rings. The van der Waals surface area contributed by atoms with Crippen LogP contribution in [0.4, 0.5) is 5.69 Å². The summed E-state index contributed by atoms with van der Waals surface area (Å²) in [6.07, 6.45) is 5.56. The minimum Gasteiger partial charge on any atom is -0.493 e. The van der Waals surface area contributed by atoms with Gasteiger partial charge in [0.1, 0.15) is 0 Å². The van der Waals surface area contributed by atoms with Crippen LogP contribution in [-0.4, -0.2) is 31.8 Å². The van der Waals surface area contributed by atoms with Crippen molar-refractivity contribution in [2.75, 3.05) is 19.1 Å². The zero-order chi connectivity index (χ0) is 19.4. The first-order chi connectivity index (χ1) is 13.0. The number of ether oxygens (including phenoxy) is 2. The number of amides is 2. The number of hydrogen-bond acceptors (Lipinski definition) is 5. The molecule has 2 amide bonds. The third-order valence-corrected chi connectivity index (χ3v) is 4.05. The Hall–Kier alpha value is -3.67. The standard InChI is InChI=1S/C21H17NO5/c1-26-18-10-4-14(13-19(18)27-2)3-9-17(23)15-5-7-16(8-6-15)22-20(24)11-12-21(22)25/h3-13H,1-2H3/b9-3+. The molecule has 1 heterocycles. The van der Waals surface area contributed by atoms with Crippen molar-refractivity contribution in [1.29, 1.82) is 0 Å². The number of hydrogen-bond donors (Lipinski definition) is 0. The van der Waals surface area contributed by atoms with Crippen molar-refractivity contribution in [3.05, 3.63) is 71.8 Å². The van der Waals surface area contributed by atoms with Gasteiger partial charge in [-0.2, -0.15) is 0 Å². The van der Waals surface area contributed by atoms with Crippen molar-refractivity contribution in [1.82, 2.24) is 0 Å². The van der Waals surface area contributed by atoms with Gasteiger partial charge in [-0.15, -0.1) is 0 Å². The van der Waals surface area contributed by atoms with Crippen molar-refractivity contribution in [2.45, 2.75) is 0 Å². The molecule has 136 valence electrons. The molecule has 1 aliphatic heterocycles. The van der Waals surface area contributed by atoms with Gasteiger partial charge in [-0.1, -0.05) is 12.1 Å². The monoisotopic (exact) mass is 363 g/mol. The van der Waals surface area contributed by atoms with Gasteiger partial charge in [0.05, 0.1) is 19.9 Å². The minimum atomic E-state index is -0.396. The molecule has 3 rings (SSSR count). The average molecular weight is 363 g/mol. The predicted molar refractivity (Wildman–Crippen MR) is 101 cm³/mol. The summed E-state index contributed by atoms with van der Waals surface area (Å²) < 4.78 is 10.4. The Morgan fingerprint density at radius 2 is 1.52 bits per heavy atom. The van der Waals surface area contributed by atoms with Crippen LogP contribution in [-0.2, 0) is 9.59 Å². The van der Waals surface area contributed by atoms with E-state index in [1.54, 1.807) is 56.7 Å². The van der Waals surface area contributed by atoms with Crippen LogP contribution in [0.1, 0.15) is 15.9 Å². The first-order valence-electron chi connectivity index (χ1n) is 8.14. The van der Waals surface area contributed by atoms with Crippen molar-refractivity contribution in [3.63, 3.8) is 0 Å². The first-order valence-corrected chi connectivity index (χ1v) is 8.14. The number of anilines is 1. The van der Waals surface area contributed by atoms with E-state index in [4.69, 9.17) is 9.47 Å². The molecule has 2 aromatic carbocycles. The number of rotatable bonds is 6. The molecule has 0 aliphatic carbocycles. The maximum atomic E-state index is 12.4. The molecule has 0 atom stereocenters. The van der Waals surface area contributed by atoms with E-state index in [2.05, 4.69) is 0 Å². The fourth-order valence-electron chi connectivity index (χ4n) is 2.65. The van der Waals surface area contributed by atoms with E-state index in [-0.39, 0.29) is 5.78 Å². The van der Waals surface area contributed by atoms with E-state index in [0.717, 1.165) is 10.5 Å². The summed E-state index contributed by atoms with van der Waals surface area (Å²) in [5, 5.41) is 0. The fourth-order valence-corrected chi connectivity index (χ4v) is 2.65. The van der Waals surface area contributed by atoms with Gasteiger partial charge in [-0.3, -0.25) is 14.4 Å². The number of imide groups is 1. The van der Waals surface area contributed by atoms with Crippen LogP contribution >= 0.6 is 0 Å². The Morgan fingerprint density at radius 1 is 0.889 bits per heavy atom. The lowest BCUT2D eigenvalue weighted by molar-refractivity contribution is -0.119. The number of ketones is 1. The van der Waals surface area contributed by atoms with E-state index in [1.807, 2.05) is 6.07 Å². The Bertz CT molecular complexity index is 939. The van der Waals surface area contributed by atoms with E-state index in [9.17, 15) is 14.4 Å². The molecule has 0 radical (unpaired) electrons. The van der Waals surface area contributed by atoms with Gasteiger partial charge in [-0.05, 0) is 48.0 Å². The van der Waals surface area contributed by atoms with Gasteiger partial charge in [-0.25, -0.2) is 4.90 Å². The van der Waals surface area contributed by atoms with E-state index in [1.165, 1.54) is 18.2 Å². The summed E-state index contributed by atoms with van der Waals surface area (Å²) in [4.78, 5) is 36.8. The maximum Gasteiger partial charge on any atom is 0.258 e. The van der Waals surface area contributed by atoms with Gasteiger partial charge in [0.25, 0.3) is 11.8 Å². The van der Waals surface area contributed by atoms with Crippen LogP contribution < -0.4 is 14.4 Å². The minimum absolute atomic E-state index is 0.200. The molecule has 0 aromatic heterocycles. The number of nitrogens with zero attached hydrogens (tertiary/aromatic N) is 1. The molecule has 6 nitrogen and oxygen atoms in total. The second-order valence-electron chi connectivity index (χ2n) is 5.70. The highest BCUT2D eigenvalue weighted by Crippen LogP contribution is 2.28. The van der Waals surface area contributed by atoms with Gasteiger partial charge in [0.15, 0.2) is 17.3 Å². The zero-order valence-corrected chi connectivity index (χ0v) is 14.8. The van der Waals surface area contributed by atoms with Crippen LogP contribution in [0.3, 0.4) is 0 Å². The van der Waals surface area contributed by atoms with Gasteiger partial charge >= 0.3 is 0 Å². The third-order valence-electron chi connectivity index (χ3n) is 4.05. The Morgan fingerprint density at radius 3 is 2.11 bits per heavy atom. The lowest BCUT2D eigenvalue weighted by atomic mass is 10.1. The van der Waals surface area contributed by atoms with Gasteiger partial charge in [0, 0.05) is 17.7 Å². The van der Waals surface area contributed by atoms with Crippen LogP contribution in [0.15, 0.2) is 60.7 Å². The van der Waals surface area contributed by atoms with E-state index in [0.29, 0.717) is 22.7 Å². The highest BCUT2D eigenvalue weighted by Gasteiger charge is 2.24. The highest BCUT2D eigenvalue weighted by atomic mass is 16.5. The highest BCUT2D eigenvalue weighted by molar-refractivity contribution is 6.28. The van der Waals surface area contributed by atoms with Gasteiger partial charge in [0.2, 0.25) is 0 Å². The molecule has 6 heteroatoms. The summed E-state index contributed by atoms with van der Waals surface area (Å²) in [6, 6.07) is 11.6. The second-order valence-corrected chi connectivity index (χ2v) is 5.70. The number of carbonyl (C=O) groups is 3. The largest absolute Gasteiger partial charge is 0.493 e. The summed E-state index contributed by atoms with van der Waals surface area (Å²) in [5.74, 6) is 0.190. The quantitative estimate of drug-likeness (QED) is 0.448. The molecule has 0 saturated carbocycles. The van der Waals surface area contributed by atoms with Crippen LogP contribution in [0.25, 0.3) is 6.08 Å². The number of benzene rings is 2. The molecular formula is C21H17NO5. The number of methoxy groups -OCH3 is 2. The average Bonchev–Trinajstić information content (AvgIpc) is 3.04. The van der Waals surface area contributed by atoms with E-state index < -0.39 is 11.8 Å². The normalized spacial score (nSPS) is 13.5. The summed E-state index contributed by atoms with van der Waals surface area (Å²) in [6.45, 7) is 0. The lowest BCUT2D eigenvalue weighted by Gasteiger charge is -2.13. The first kappa shape index (κ1) is 18.1. The molecule has 1 aliphatic rings. The van der Waals surface area contributed by atoms with Crippen LogP contribution in [0.5, 0.6) is 11.5 Å². The molecule has 2 aromatic rings. The molecule has 0 spiro atoms. The van der Waals surface area contributed by atoms with Crippen LogP contribution in [0, 0.1) is 0 Å². The number of allylic oxidation sites excluding steroid dienone is 1. The maximum absolute atomic E-state index is 12.4. The van der Waals surface area contributed by atoms with Crippen molar-refractivity contribution < 1.29 is 23.9 Å². The number of carbonyl (C=O) groups excluding carboxylic acids is 3. The summed E-state index contributed by atoms with van der Waals surface area (Å²) in [5.41, 5.74) is 1.66. The SMILES string of the molecule is COc1ccc(/C=C/C(=O)c2ccc(N3C(=O)C=CC3=O)cc2)cc1OC. The molecule has 27 heavy (non-hydrogen) atoms. The molecule has 0 saturated heterocycles. The zero-order valence-electron chi connectivity index (χ0n) is 14.8. The third kappa shape index (κ3) is 3.79. The Labute approximate surface area is 156 Å². The Kier molecular flexibility index (Phi) is 5.17. The van der Waals surface area contributed by atoms with E-state index >= 15 is 0 Å². The smallest absolute Gasteiger partial charge is 0.258 e. The topological polar surface area (TPSA) is 72.9 Å². The molecule has 0 N–H and O–H groups in total. The Balaban J connectivity index is 1.74. The molecule has 0 bridgehead atoms.